The SMILES string of the molecule is Cc1cc([C@@H](C)N2CCNCC2)cc(C)c1OCc1ccccc1.Cl.Cl. The maximum atomic E-state index is 6.11. The second kappa shape index (κ2) is 10.8. The molecule has 0 bridgehead atoms. The zero-order valence-corrected chi connectivity index (χ0v) is 17.5. The van der Waals surface area contributed by atoms with Crippen LogP contribution in [0.1, 0.15) is 35.2 Å². The van der Waals surface area contributed by atoms with Gasteiger partial charge in [0, 0.05) is 32.2 Å². The van der Waals surface area contributed by atoms with Crippen LogP contribution in [0.2, 0.25) is 0 Å². The van der Waals surface area contributed by atoms with Gasteiger partial charge in [-0.2, -0.15) is 0 Å². The largest absolute Gasteiger partial charge is 0.488 e. The lowest BCUT2D eigenvalue weighted by Gasteiger charge is -2.33. The normalized spacial score (nSPS) is 15.5. The Morgan fingerprint density at radius 2 is 1.58 bits per heavy atom. The minimum Gasteiger partial charge on any atom is -0.488 e. The molecule has 0 saturated carbocycles. The Balaban J connectivity index is 0.00000169. The van der Waals surface area contributed by atoms with Crippen molar-refractivity contribution in [3.8, 4) is 5.75 Å². The summed E-state index contributed by atoms with van der Waals surface area (Å²) in [5.41, 5.74) is 5.04. The van der Waals surface area contributed by atoms with Crippen LogP contribution in [0.3, 0.4) is 0 Å². The summed E-state index contributed by atoms with van der Waals surface area (Å²) in [6.07, 6.45) is 0. The van der Waals surface area contributed by atoms with Gasteiger partial charge in [-0.1, -0.05) is 42.5 Å². The molecular formula is C21H30Cl2N2O. The van der Waals surface area contributed by atoms with Crippen molar-refractivity contribution >= 4 is 24.8 Å². The number of benzene rings is 2. The number of halogens is 2. The van der Waals surface area contributed by atoms with Crippen molar-refractivity contribution in [2.45, 2.75) is 33.4 Å². The predicted octanol–water partition coefficient (Wildman–Crippen LogP) is 4.69. The van der Waals surface area contributed by atoms with Gasteiger partial charge in [0.2, 0.25) is 0 Å². The zero-order valence-electron chi connectivity index (χ0n) is 15.8. The first-order chi connectivity index (χ1) is 11.6. The van der Waals surface area contributed by atoms with E-state index in [1.807, 2.05) is 6.07 Å². The zero-order chi connectivity index (χ0) is 16.9. The van der Waals surface area contributed by atoms with Gasteiger partial charge in [-0.25, -0.2) is 0 Å². The summed E-state index contributed by atoms with van der Waals surface area (Å²) in [6.45, 7) is 11.6. The Labute approximate surface area is 169 Å². The maximum absolute atomic E-state index is 6.11. The van der Waals surface area contributed by atoms with E-state index >= 15 is 0 Å². The molecule has 0 spiro atoms. The molecule has 5 heteroatoms. The fraction of sp³-hybridized carbons (Fsp3) is 0.429. The topological polar surface area (TPSA) is 24.5 Å². The van der Waals surface area contributed by atoms with Crippen LogP contribution >= 0.6 is 24.8 Å². The van der Waals surface area contributed by atoms with Crippen molar-refractivity contribution in [3.63, 3.8) is 0 Å². The van der Waals surface area contributed by atoms with Gasteiger partial charge in [0.05, 0.1) is 0 Å². The van der Waals surface area contributed by atoms with Crippen LogP contribution in [0, 0.1) is 13.8 Å². The van der Waals surface area contributed by atoms with Crippen molar-refractivity contribution < 1.29 is 4.74 Å². The molecule has 1 heterocycles. The van der Waals surface area contributed by atoms with E-state index in [-0.39, 0.29) is 24.8 Å². The summed E-state index contributed by atoms with van der Waals surface area (Å²) in [5, 5.41) is 3.42. The molecule has 3 nitrogen and oxygen atoms in total. The van der Waals surface area contributed by atoms with Crippen LogP contribution in [0.25, 0.3) is 0 Å². The number of aryl methyl sites for hydroxylation is 2. The van der Waals surface area contributed by atoms with E-state index in [1.165, 1.54) is 22.3 Å². The van der Waals surface area contributed by atoms with Gasteiger partial charge in [-0.15, -0.1) is 24.8 Å². The molecule has 1 atom stereocenters. The number of nitrogens with zero attached hydrogens (tertiary/aromatic N) is 1. The van der Waals surface area contributed by atoms with E-state index in [0.29, 0.717) is 12.6 Å². The molecule has 3 rings (SSSR count). The number of hydrogen-bond donors (Lipinski definition) is 1. The highest BCUT2D eigenvalue weighted by molar-refractivity contribution is 5.85. The monoisotopic (exact) mass is 396 g/mol. The summed E-state index contributed by atoms with van der Waals surface area (Å²) in [7, 11) is 0. The second-order valence-corrected chi connectivity index (χ2v) is 6.72. The van der Waals surface area contributed by atoms with Crippen LogP contribution in [0.5, 0.6) is 5.75 Å². The van der Waals surface area contributed by atoms with Gasteiger partial charge in [0.1, 0.15) is 12.4 Å². The third-order valence-corrected chi connectivity index (χ3v) is 4.89. The fourth-order valence-corrected chi connectivity index (χ4v) is 3.46. The molecule has 0 radical (unpaired) electrons. The third-order valence-electron chi connectivity index (χ3n) is 4.89. The smallest absolute Gasteiger partial charge is 0.125 e. The molecule has 0 aliphatic carbocycles. The Bertz CT molecular complexity index is 650. The minimum atomic E-state index is 0. The Hall–Kier alpha value is -1.26. The second-order valence-electron chi connectivity index (χ2n) is 6.72. The van der Waals surface area contributed by atoms with Gasteiger partial charge in [-0.3, -0.25) is 4.90 Å². The standard InChI is InChI=1S/C21H28N2O.2ClH/c1-16-13-20(18(3)23-11-9-22-10-12-23)14-17(2)21(16)24-15-19-7-5-4-6-8-19;;/h4-8,13-14,18,22H,9-12,15H2,1-3H3;2*1H/t18-;;/m1../s1. The minimum absolute atomic E-state index is 0. The molecular weight excluding hydrogens is 367 g/mol. The van der Waals surface area contributed by atoms with Crippen molar-refractivity contribution in [1.29, 1.82) is 0 Å². The van der Waals surface area contributed by atoms with Gasteiger partial charge in [-0.05, 0) is 43.0 Å². The summed E-state index contributed by atoms with van der Waals surface area (Å²) < 4.78 is 6.11. The Morgan fingerprint density at radius 3 is 2.15 bits per heavy atom. The Kier molecular flexibility index (Phi) is 9.45. The van der Waals surface area contributed by atoms with Crippen molar-refractivity contribution in [1.82, 2.24) is 10.2 Å². The molecule has 0 unspecified atom stereocenters. The first kappa shape index (κ1) is 22.8. The van der Waals surface area contributed by atoms with Gasteiger partial charge in [0.25, 0.3) is 0 Å². The third kappa shape index (κ3) is 5.62. The molecule has 1 N–H and O–H groups in total. The fourth-order valence-electron chi connectivity index (χ4n) is 3.46. The number of rotatable bonds is 5. The molecule has 2 aromatic rings. The van der Waals surface area contributed by atoms with E-state index in [0.717, 1.165) is 31.9 Å². The van der Waals surface area contributed by atoms with Crippen LogP contribution in [0.15, 0.2) is 42.5 Å². The van der Waals surface area contributed by atoms with E-state index in [4.69, 9.17) is 4.74 Å². The molecule has 1 aliphatic heterocycles. The molecule has 0 amide bonds. The molecule has 26 heavy (non-hydrogen) atoms. The molecule has 1 aliphatic rings. The average Bonchev–Trinajstić information content (AvgIpc) is 2.62. The quantitative estimate of drug-likeness (QED) is 0.792. The lowest BCUT2D eigenvalue weighted by atomic mass is 9.99. The Morgan fingerprint density at radius 1 is 1.00 bits per heavy atom. The number of nitrogens with one attached hydrogen (secondary N) is 1. The first-order valence-electron chi connectivity index (χ1n) is 8.88. The molecule has 144 valence electrons. The number of hydrogen-bond acceptors (Lipinski definition) is 3. The summed E-state index contributed by atoms with van der Waals surface area (Å²) in [6, 6.07) is 15.4. The number of piperazine rings is 1. The average molecular weight is 397 g/mol. The van der Waals surface area contributed by atoms with Crippen molar-refractivity contribution in [2.75, 3.05) is 26.2 Å². The van der Waals surface area contributed by atoms with Crippen molar-refractivity contribution in [3.05, 3.63) is 64.7 Å². The summed E-state index contributed by atoms with van der Waals surface area (Å²) >= 11 is 0. The summed E-state index contributed by atoms with van der Waals surface area (Å²) in [5.74, 6) is 1.02. The maximum Gasteiger partial charge on any atom is 0.125 e. The van der Waals surface area contributed by atoms with Crippen molar-refractivity contribution in [2.24, 2.45) is 0 Å². The van der Waals surface area contributed by atoms with Crippen LogP contribution < -0.4 is 10.1 Å². The molecule has 1 fully saturated rings. The van der Waals surface area contributed by atoms with Gasteiger partial charge >= 0.3 is 0 Å². The molecule has 0 aromatic heterocycles. The predicted molar refractivity (Wildman–Crippen MR) is 114 cm³/mol. The highest BCUT2D eigenvalue weighted by atomic mass is 35.5. The van der Waals surface area contributed by atoms with E-state index in [2.05, 4.69) is 67.4 Å². The molecule has 2 aromatic carbocycles. The van der Waals surface area contributed by atoms with Crippen LogP contribution in [-0.2, 0) is 6.61 Å². The summed E-state index contributed by atoms with van der Waals surface area (Å²) in [4.78, 5) is 2.55. The van der Waals surface area contributed by atoms with Gasteiger partial charge < -0.3 is 10.1 Å². The number of ether oxygens (including phenoxy) is 1. The van der Waals surface area contributed by atoms with E-state index < -0.39 is 0 Å². The lowest BCUT2D eigenvalue weighted by Crippen LogP contribution is -2.44. The molecule has 1 saturated heterocycles. The van der Waals surface area contributed by atoms with E-state index in [9.17, 15) is 0 Å². The van der Waals surface area contributed by atoms with Crippen LogP contribution in [0.4, 0.5) is 0 Å². The highest BCUT2D eigenvalue weighted by Crippen LogP contribution is 2.30. The lowest BCUT2D eigenvalue weighted by molar-refractivity contribution is 0.185. The first-order valence-corrected chi connectivity index (χ1v) is 8.88. The highest BCUT2D eigenvalue weighted by Gasteiger charge is 2.19. The van der Waals surface area contributed by atoms with Gasteiger partial charge in [0.15, 0.2) is 0 Å². The van der Waals surface area contributed by atoms with Crippen LogP contribution in [-0.4, -0.2) is 31.1 Å². The van der Waals surface area contributed by atoms with E-state index in [1.54, 1.807) is 0 Å².